The molecule has 2 aliphatic rings. The quantitative estimate of drug-likeness (QED) is 0.488. The van der Waals surface area contributed by atoms with E-state index in [0.717, 1.165) is 58.9 Å². The minimum Gasteiger partial charge on any atom is -0.348 e. The van der Waals surface area contributed by atoms with E-state index in [1.807, 2.05) is 42.1 Å². The SMILES string of the molecule is CN1CCC[C@H](c2cccc(Nc3cnc(-c4ccnc5c4ccn5C)c4c3C(=O)NC4)n2)C1. The first-order chi connectivity index (χ1) is 16.6. The molecule has 0 unspecified atom stereocenters. The molecule has 0 spiro atoms. The maximum absolute atomic E-state index is 12.9. The van der Waals surface area contributed by atoms with Gasteiger partial charge in [-0.1, -0.05) is 6.07 Å². The number of carbonyl (C=O) groups is 1. The predicted molar refractivity (Wildman–Crippen MR) is 132 cm³/mol. The average Bonchev–Trinajstić information content (AvgIpc) is 3.43. The Morgan fingerprint density at radius 2 is 2.06 bits per heavy atom. The van der Waals surface area contributed by atoms with E-state index in [4.69, 9.17) is 9.97 Å². The van der Waals surface area contributed by atoms with Crippen LogP contribution in [-0.4, -0.2) is 50.5 Å². The summed E-state index contributed by atoms with van der Waals surface area (Å²) in [5.74, 6) is 1.07. The van der Waals surface area contributed by atoms with Gasteiger partial charge in [0.1, 0.15) is 11.5 Å². The van der Waals surface area contributed by atoms with Gasteiger partial charge in [0, 0.05) is 60.7 Å². The molecule has 1 atom stereocenters. The zero-order chi connectivity index (χ0) is 23.2. The number of likely N-dealkylation sites (N-methyl/N-ethyl adjacent to an activating group) is 1. The molecule has 0 bridgehead atoms. The number of piperidine rings is 1. The number of fused-ring (bicyclic) bond motifs is 2. The summed E-state index contributed by atoms with van der Waals surface area (Å²) in [6.07, 6.45) is 7.86. The van der Waals surface area contributed by atoms with Gasteiger partial charge < -0.3 is 20.1 Å². The molecule has 2 aliphatic heterocycles. The summed E-state index contributed by atoms with van der Waals surface area (Å²) in [5, 5.41) is 7.38. The van der Waals surface area contributed by atoms with E-state index in [-0.39, 0.29) is 5.91 Å². The van der Waals surface area contributed by atoms with E-state index in [9.17, 15) is 4.79 Å². The Bertz CT molecular complexity index is 1410. The van der Waals surface area contributed by atoms with Crippen LogP contribution in [0, 0.1) is 0 Å². The number of pyridine rings is 3. The van der Waals surface area contributed by atoms with Crippen molar-refractivity contribution < 1.29 is 4.79 Å². The van der Waals surface area contributed by atoms with E-state index >= 15 is 0 Å². The lowest BCUT2D eigenvalue weighted by atomic mass is 9.94. The minimum absolute atomic E-state index is 0.0930. The second kappa shape index (κ2) is 8.22. The summed E-state index contributed by atoms with van der Waals surface area (Å²) >= 11 is 0. The molecule has 1 amide bonds. The fraction of sp³-hybridized carbons (Fsp3) is 0.308. The first kappa shape index (κ1) is 20.8. The number of hydrogen-bond acceptors (Lipinski definition) is 6. The molecule has 4 aromatic heterocycles. The van der Waals surface area contributed by atoms with Crippen molar-refractivity contribution in [1.82, 2.24) is 29.7 Å². The van der Waals surface area contributed by atoms with Gasteiger partial charge in [-0.3, -0.25) is 9.78 Å². The van der Waals surface area contributed by atoms with Crippen LogP contribution in [0.5, 0.6) is 0 Å². The Morgan fingerprint density at radius 1 is 1.15 bits per heavy atom. The van der Waals surface area contributed by atoms with E-state index in [1.54, 1.807) is 12.4 Å². The molecule has 6 heterocycles. The summed E-state index contributed by atoms with van der Waals surface area (Å²) < 4.78 is 1.99. The Morgan fingerprint density at radius 3 is 2.94 bits per heavy atom. The molecule has 0 saturated carbocycles. The van der Waals surface area contributed by atoms with Crippen LogP contribution in [0.2, 0.25) is 0 Å². The van der Waals surface area contributed by atoms with Gasteiger partial charge in [0.05, 0.1) is 23.1 Å². The van der Waals surface area contributed by atoms with Crippen molar-refractivity contribution in [1.29, 1.82) is 0 Å². The van der Waals surface area contributed by atoms with E-state index in [0.29, 0.717) is 23.7 Å². The van der Waals surface area contributed by atoms with Crippen LogP contribution in [0.25, 0.3) is 22.3 Å². The topological polar surface area (TPSA) is 88.0 Å². The van der Waals surface area contributed by atoms with Crippen LogP contribution >= 0.6 is 0 Å². The average molecular weight is 454 g/mol. The Balaban J connectivity index is 1.37. The van der Waals surface area contributed by atoms with Gasteiger partial charge in [-0.15, -0.1) is 0 Å². The van der Waals surface area contributed by atoms with Gasteiger partial charge in [-0.2, -0.15) is 0 Å². The van der Waals surface area contributed by atoms with Crippen LogP contribution in [0.3, 0.4) is 0 Å². The van der Waals surface area contributed by atoms with Gasteiger partial charge in [0.25, 0.3) is 5.91 Å². The number of amides is 1. The second-order valence-electron chi connectivity index (χ2n) is 9.25. The van der Waals surface area contributed by atoms with Crippen molar-refractivity contribution in [3.05, 3.63) is 65.7 Å². The lowest BCUT2D eigenvalue weighted by Gasteiger charge is -2.29. The number of aromatic nitrogens is 4. The zero-order valence-electron chi connectivity index (χ0n) is 19.4. The van der Waals surface area contributed by atoms with Crippen molar-refractivity contribution >= 4 is 28.4 Å². The number of hydrogen-bond donors (Lipinski definition) is 2. The Kier molecular flexibility index (Phi) is 5.03. The van der Waals surface area contributed by atoms with Crippen molar-refractivity contribution in [3.8, 4) is 11.3 Å². The standard InChI is InChI=1S/C26H27N7O/c1-32-11-4-5-16(15-32)20-6-3-7-22(30-20)31-21-14-28-24(19-13-29-26(34)23(19)21)17-8-10-27-25-18(17)9-12-33(25)2/h3,6-10,12,14,16H,4-5,11,13,15H2,1-2H3,(H,29,34)(H,30,31)/t16-/m0/s1. The van der Waals surface area contributed by atoms with Crippen LogP contribution < -0.4 is 10.6 Å². The van der Waals surface area contributed by atoms with Gasteiger partial charge >= 0.3 is 0 Å². The number of rotatable bonds is 4. The maximum Gasteiger partial charge on any atom is 0.254 e. The Labute approximate surface area is 198 Å². The molecule has 8 heteroatoms. The second-order valence-corrected chi connectivity index (χ2v) is 9.25. The maximum atomic E-state index is 12.9. The largest absolute Gasteiger partial charge is 0.348 e. The number of aryl methyl sites for hydroxylation is 1. The molecule has 34 heavy (non-hydrogen) atoms. The monoisotopic (exact) mass is 453 g/mol. The molecule has 172 valence electrons. The van der Waals surface area contributed by atoms with Gasteiger partial charge in [-0.25, -0.2) is 9.97 Å². The van der Waals surface area contributed by atoms with Crippen molar-refractivity contribution in [2.75, 3.05) is 25.5 Å². The van der Waals surface area contributed by atoms with E-state index < -0.39 is 0 Å². The number of nitrogens with zero attached hydrogens (tertiary/aromatic N) is 5. The fourth-order valence-electron chi connectivity index (χ4n) is 5.23. The summed E-state index contributed by atoms with van der Waals surface area (Å²) in [5.41, 5.74) is 5.98. The van der Waals surface area contributed by atoms with Crippen molar-refractivity contribution in [2.24, 2.45) is 7.05 Å². The lowest BCUT2D eigenvalue weighted by molar-refractivity contribution is 0.0966. The van der Waals surface area contributed by atoms with Crippen LogP contribution in [0.1, 0.15) is 40.4 Å². The molecule has 6 rings (SSSR count). The fourth-order valence-corrected chi connectivity index (χ4v) is 5.23. The Hall–Kier alpha value is -3.78. The van der Waals surface area contributed by atoms with Gasteiger partial charge in [0.15, 0.2) is 0 Å². The van der Waals surface area contributed by atoms with Crippen LogP contribution in [-0.2, 0) is 13.6 Å². The number of anilines is 2. The molecular formula is C26H27N7O. The predicted octanol–water partition coefficient (Wildman–Crippen LogP) is 3.83. The highest BCUT2D eigenvalue weighted by Gasteiger charge is 2.28. The van der Waals surface area contributed by atoms with Crippen LogP contribution in [0.15, 0.2) is 48.9 Å². The molecule has 1 saturated heterocycles. The molecule has 0 radical (unpaired) electrons. The third-order valence-corrected chi connectivity index (χ3v) is 6.93. The third-order valence-electron chi connectivity index (χ3n) is 6.93. The molecule has 0 aromatic carbocycles. The highest BCUT2D eigenvalue weighted by Crippen LogP contribution is 2.36. The first-order valence-electron chi connectivity index (χ1n) is 11.7. The van der Waals surface area contributed by atoms with E-state index in [2.05, 4.69) is 33.6 Å². The molecule has 8 nitrogen and oxygen atoms in total. The van der Waals surface area contributed by atoms with Crippen molar-refractivity contribution in [2.45, 2.75) is 25.3 Å². The third kappa shape index (κ3) is 3.51. The summed E-state index contributed by atoms with van der Waals surface area (Å²) in [6.45, 7) is 2.61. The number of nitrogens with one attached hydrogen (secondary N) is 2. The molecule has 1 fully saturated rings. The van der Waals surface area contributed by atoms with E-state index in [1.165, 1.54) is 6.42 Å². The van der Waals surface area contributed by atoms with Gasteiger partial charge in [0.2, 0.25) is 0 Å². The number of carbonyl (C=O) groups excluding carboxylic acids is 1. The molecular weight excluding hydrogens is 426 g/mol. The normalized spacial score (nSPS) is 18.2. The molecule has 2 N–H and O–H groups in total. The highest BCUT2D eigenvalue weighted by molar-refractivity contribution is 6.06. The lowest BCUT2D eigenvalue weighted by Crippen LogP contribution is -2.31. The van der Waals surface area contributed by atoms with Crippen LogP contribution in [0.4, 0.5) is 11.5 Å². The first-order valence-corrected chi connectivity index (χ1v) is 11.7. The van der Waals surface area contributed by atoms with Crippen molar-refractivity contribution in [3.63, 3.8) is 0 Å². The summed E-state index contributed by atoms with van der Waals surface area (Å²) in [6, 6.07) is 10.1. The molecule has 0 aliphatic carbocycles. The number of likely N-dealkylation sites (tertiary alicyclic amines) is 1. The highest BCUT2D eigenvalue weighted by atomic mass is 16.1. The molecule has 4 aromatic rings. The smallest absolute Gasteiger partial charge is 0.254 e. The summed E-state index contributed by atoms with van der Waals surface area (Å²) in [4.78, 5) is 29.4. The minimum atomic E-state index is -0.0930. The zero-order valence-corrected chi connectivity index (χ0v) is 19.4. The summed E-state index contributed by atoms with van der Waals surface area (Å²) in [7, 11) is 4.14. The van der Waals surface area contributed by atoms with Gasteiger partial charge in [-0.05, 0) is 50.7 Å².